The number of carbonyl (C=O) groups is 1. The molecule has 2 heterocycles. The molecule has 0 bridgehead atoms. The highest BCUT2D eigenvalue weighted by Crippen LogP contribution is 2.25. The second-order valence-corrected chi connectivity index (χ2v) is 6.56. The molecule has 126 valence electrons. The highest BCUT2D eigenvalue weighted by atomic mass is 32.1. The zero-order valence-corrected chi connectivity index (χ0v) is 15.2. The predicted molar refractivity (Wildman–Crippen MR) is 91.7 cm³/mol. The van der Waals surface area contributed by atoms with E-state index in [-0.39, 0.29) is 5.91 Å². The number of carbonyl (C=O) groups excluding carboxylic acids is 1. The first-order valence-corrected chi connectivity index (χ1v) is 8.16. The van der Waals surface area contributed by atoms with Crippen LogP contribution in [-0.4, -0.2) is 48.4 Å². The number of methoxy groups -OCH3 is 1. The molecular weight excluding hydrogens is 314 g/mol. The predicted octanol–water partition coefficient (Wildman–Crippen LogP) is 1.54. The Bertz CT molecular complexity index is 705. The number of hydrogen-bond donors (Lipinski definition) is 1. The summed E-state index contributed by atoms with van der Waals surface area (Å²) in [7, 11) is 7.24. The summed E-state index contributed by atoms with van der Waals surface area (Å²) in [4.78, 5) is 20.1. The Balaban J connectivity index is 2.00. The zero-order valence-electron chi connectivity index (χ0n) is 14.4. The molecule has 0 unspecified atom stereocenters. The standard InChI is InChI=1S/C15H23N5O2S/c1-9-11(23-15(17-9)19(3)4)7-8-16-13(21)12-10(2)18-20(5)14(12)22-6/h7-8H2,1-6H3,(H,16,21). The van der Waals surface area contributed by atoms with E-state index in [0.29, 0.717) is 23.7 Å². The molecule has 1 amide bonds. The van der Waals surface area contributed by atoms with E-state index in [1.807, 2.05) is 25.9 Å². The van der Waals surface area contributed by atoms with E-state index in [9.17, 15) is 4.79 Å². The fraction of sp³-hybridized carbons (Fsp3) is 0.533. The number of nitrogens with zero attached hydrogens (tertiary/aromatic N) is 4. The van der Waals surface area contributed by atoms with E-state index < -0.39 is 0 Å². The SMILES string of the molecule is COc1c(C(=O)NCCc2sc(N(C)C)nc2C)c(C)nn1C. The van der Waals surface area contributed by atoms with Gasteiger partial charge >= 0.3 is 0 Å². The Labute approximate surface area is 140 Å². The van der Waals surface area contributed by atoms with Crippen molar-refractivity contribution in [1.29, 1.82) is 0 Å². The summed E-state index contributed by atoms with van der Waals surface area (Å²) in [5.41, 5.74) is 2.17. The normalized spacial score (nSPS) is 10.7. The maximum Gasteiger partial charge on any atom is 0.258 e. The molecule has 0 aliphatic rings. The van der Waals surface area contributed by atoms with Gasteiger partial charge in [0.25, 0.3) is 5.91 Å². The minimum atomic E-state index is -0.164. The molecule has 0 aliphatic heterocycles. The summed E-state index contributed by atoms with van der Waals surface area (Å²) < 4.78 is 6.83. The van der Waals surface area contributed by atoms with Gasteiger partial charge in [-0.3, -0.25) is 4.79 Å². The molecule has 0 radical (unpaired) electrons. The second-order valence-electron chi connectivity index (χ2n) is 5.50. The molecule has 0 fully saturated rings. The second kappa shape index (κ2) is 6.99. The third-order valence-electron chi connectivity index (χ3n) is 3.49. The fourth-order valence-corrected chi connectivity index (χ4v) is 3.33. The van der Waals surface area contributed by atoms with Crippen molar-refractivity contribution >= 4 is 22.4 Å². The van der Waals surface area contributed by atoms with Crippen LogP contribution in [0.5, 0.6) is 5.88 Å². The van der Waals surface area contributed by atoms with Crippen molar-refractivity contribution in [3.05, 3.63) is 21.8 Å². The number of nitrogens with one attached hydrogen (secondary N) is 1. The molecule has 23 heavy (non-hydrogen) atoms. The summed E-state index contributed by atoms with van der Waals surface area (Å²) in [6.45, 7) is 4.34. The summed E-state index contributed by atoms with van der Waals surface area (Å²) in [6.07, 6.45) is 0.755. The van der Waals surface area contributed by atoms with Gasteiger partial charge in [-0.25, -0.2) is 9.67 Å². The van der Waals surface area contributed by atoms with Crippen LogP contribution in [0.25, 0.3) is 0 Å². The van der Waals surface area contributed by atoms with E-state index >= 15 is 0 Å². The van der Waals surface area contributed by atoms with E-state index in [4.69, 9.17) is 4.74 Å². The van der Waals surface area contributed by atoms with Crippen molar-refractivity contribution in [2.75, 3.05) is 32.6 Å². The number of aryl methyl sites for hydroxylation is 3. The minimum Gasteiger partial charge on any atom is -0.481 e. The van der Waals surface area contributed by atoms with Gasteiger partial charge in [0.15, 0.2) is 5.13 Å². The van der Waals surface area contributed by atoms with E-state index in [0.717, 1.165) is 17.2 Å². The Hall–Kier alpha value is -2.09. The van der Waals surface area contributed by atoms with Crippen LogP contribution < -0.4 is 15.0 Å². The molecule has 1 N–H and O–H groups in total. The molecule has 0 aliphatic carbocycles. The third-order valence-corrected chi connectivity index (χ3v) is 4.88. The van der Waals surface area contributed by atoms with E-state index in [2.05, 4.69) is 15.4 Å². The average molecular weight is 337 g/mol. The van der Waals surface area contributed by atoms with Crippen molar-refractivity contribution in [3.8, 4) is 5.88 Å². The largest absolute Gasteiger partial charge is 0.481 e. The molecule has 0 atom stereocenters. The van der Waals surface area contributed by atoms with Crippen LogP contribution in [0, 0.1) is 13.8 Å². The van der Waals surface area contributed by atoms with Crippen molar-refractivity contribution < 1.29 is 9.53 Å². The van der Waals surface area contributed by atoms with Gasteiger partial charge in [-0.1, -0.05) is 0 Å². The van der Waals surface area contributed by atoms with Crippen molar-refractivity contribution in [2.45, 2.75) is 20.3 Å². The lowest BCUT2D eigenvalue weighted by Crippen LogP contribution is -2.26. The summed E-state index contributed by atoms with van der Waals surface area (Å²) >= 11 is 1.65. The summed E-state index contributed by atoms with van der Waals surface area (Å²) in [5, 5.41) is 8.14. The van der Waals surface area contributed by atoms with Gasteiger partial charge in [0.05, 0.1) is 18.5 Å². The maximum absolute atomic E-state index is 12.4. The van der Waals surface area contributed by atoms with Gasteiger partial charge in [0.2, 0.25) is 5.88 Å². The van der Waals surface area contributed by atoms with Gasteiger partial charge in [-0.05, 0) is 13.8 Å². The third kappa shape index (κ3) is 3.64. The zero-order chi connectivity index (χ0) is 17.1. The van der Waals surface area contributed by atoms with Crippen molar-refractivity contribution in [1.82, 2.24) is 20.1 Å². The van der Waals surface area contributed by atoms with Crippen LogP contribution in [-0.2, 0) is 13.5 Å². The monoisotopic (exact) mass is 337 g/mol. The molecular formula is C15H23N5O2S. The highest BCUT2D eigenvalue weighted by molar-refractivity contribution is 7.15. The van der Waals surface area contributed by atoms with Gasteiger partial charge in [0.1, 0.15) is 5.56 Å². The number of anilines is 1. The summed E-state index contributed by atoms with van der Waals surface area (Å²) in [6, 6.07) is 0. The Morgan fingerprint density at radius 2 is 2.04 bits per heavy atom. The molecule has 2 aromatic rings. The van der Waals surface area contributed by atoms with E-state index in [1.54, 1.807) is 30.0 Å². The van der Waals surface area contributed by atoms with Crippen molar-refractivity contribution in [3.63, 3.8) is 0 Å². The number of rotatable bonds is 6. The average Bonchev–Trinajstić information content (AvgIpc) is 2.98. The van der Waals surface area contributed by atoms with Crippen molar-refractivity contribution in [2.24, 2.45) is 7.05 Å². The number of ether oxygens (including phenoxy) is 1. The molecule has 2 rings (SSSR count). The molecule has 0 saturated carbocycles. The highest BCUT2D eigenvalue weighted by Gasteiger charge is 2.21. The Morgan fingerprint density at radius 3 is 2.61 bits per heavy atom. The first-order chi connectivity index (χ1) is 10.8. The molecule has 0 spiro atoms. The van der Waals surface area contributed by atoms with E-state index in [1.165, 1.54) is 12.0 Å². The van der Waals surface area contributed by atoms with Crippen LogP contribution in [0.4, 0.5) is 5.13 Å². The smallest absolute Gasteiger partial charge is 0.258 e. The molecule has 0 saturated heterocycles. The number of aromatic nitrogens is 3. The fourth-order valence-electron chi connectivity index (χ4n) is 2.35. The van der Waals surface area contributed by atoms with Crippen LogP contribution >= 0.6 is 11.3 Å². The Kier molecular flexibility index (Phi) is 5.25. The molecule has 8 heteroatoms. The lowest BCUT2D eigenvalue weighted by Gasteiger charge is -2.07. The maximum atomic E-state index is 12.4. The lowest BCUT2D eigenvalue weighted by molar-refractivity contribution is 0.0950. The van der Waals surface area contributed by atoms with Crippen LogP contribution in [0.2, 0.25) is 0 Å². The number of amides is 1. The van der Waals surface area contributed by atoms with Crippen LogP contribution in [0.15, 0.2) is 0 Å². The van der Waals surface area contributed by atoms with Crippen LogP contribution in [0.3, 0.4) is 0 Å². The van der Waals surface area contributed by atoms with Gasteiger partial charge in [0, 0.05) is 39.0 Å². The lowest BCUT2D eigenvalue weighted by atomic mass is 10.2. The first kappa shape index (κ1) is 17.3. The van der Waals surface area contributed by atoms with Gasteiger partial charge < -0.3 is 15.0 Å². The molecule has 0 aromatic carbocycles. The number of hydrogen-bond acceptors (Lipinski definition) is 6. The van der Waals surface area contributed by atoms with Gasteiger partial charge in [-0.15, -0.1) is 11.3 Å². The number of thiazole rings is 1. The molecule has 2 aromatic heterocycles. The van der Waals surface area contributed by atoms with Gasteiger partial charge in [-0.2, -0.15) is 5.10 Å². The van der Waals surface area contributed by atoms with Crippen LogP contribution in [0.1, 0.15) is 26.6 Å². The first-order valence-electron chi connectivity index (χ1n) is 7.34. The Morgan fingerprint density at radius 1 is 1.35 bits per heavy atom. The topological polar surface area (TPSA) is 72.3 Å². The quantitative estimate of drug-likeness (QED) is 0.866. The molecule has 7 nitrogen and oxygen atoms in total. The minimum absolute atomic E-state index is 0.164. The summed E-state index contributed by atoms with van der Waals surface area (Å²) in [5.74, 6) is 0.311.